The van der Waals surface area contributed by atoms with E-state index in [2.05, 4.69) is 10.6 Å². The minimum absolute atomic E-state index is 0.0152. The molecule has 66 heavy (non-hydrogen) atoms. The van der Waals surface area contributed by atoms with Crippen LogP contribution in [-0.4, -0.2) is 30.3 Å². The fourth-order valence-corrected chi connectivity index (χ4v) is 23.3. The summed E-state index contributed by atoms with van der Waals surface area (Å²) >= 11 is 16.4. The first-order valence-electron chi connectivity index (χ1n) is 21.6. The zero-order chi connectivity index (χ0) is 45.5. The summed E-state index contributed by atoms with van der Waals surface area (Å²) in [5, 5.41) is 11.5. The SMILES string of the molecule is O=C(CP(Cl)(c1ccccc1)(c1ccccc1)c1ccccc1)Nc1ccc2c(c1)OP1(=O)CC2c2ccc(NC(=O)CP(Cl)(c3ccccc3)(c3ccccc3)c3ccccc3)cc2O1. The third kappa shape index (κ3) is 7.45. The van der Waals surface area contributed by atoms with E-state index >= 15 is 0 Å². The summed E-state index contributed by atoms with van der Waals surface area (Å²) < 4.78 is 26.8. The van der Waals surface area contributed by atoms with Crippen LogP contribution < -0.4 is 51.5 Å². The molecule has 0 saturated heterocycles. The molecule has 2 aliphatic heterocycles. The molecule has 0 spiro atoms. The van der Waals surface area contributed by atoms with Gasteiger partial charge in [0.05, 0.1) is 0 Å². The Balaban J connectivity index is 0.932. The molecule has 0 atom stereocenters. The van der Waals surface area contributed by atoms with Gasteiger partial charge in [-0.25, -0.2) is 0 Å². The molecular formula is C54H45Cl2N2O5P3. The number of rotatable bonds is 12. The number of anilines is 2. The van der Waals surface area contributed by atoms with Crippen LogP contribution in [0.5, 0.6) is 11.5 Å². The molecule has 2 heterocycles. The Morgan fingerprint density at radius 2 is 0.727 bits per heavy atom. The van der Waals surface area contributed by atoms with Gasteiger partial charge >= 0.3 is 396 Å². The summed E-state index contributed by atoms with van der Waals surface area (Å²) in [4.78, 5) is 28.9. The molecule has 2 bridgehead atoms. The van der Waals surface area contributed by atoms with Crippen molar-refractivity contribution in [3.05, 3.63) is 230 Å². The maximum atomic E-state index is 14.4. The van der Waals surface area contributed by atoms with Crippen molar-refractivity contribution in [3.63, 3.8) is 0 Å². The zero-order valence-electron chi connectivity index (χ0n) is 35.6. The number of hydrogen-bond donors (Lipinski definition) is 2. The van der Waals surface area contributed by atoms with Crippen molar-refractivity contribution in [2.24, 2.45) is 0 Å². The first-order chi connectivity index (χ1) is 32.0. The summed E-state index contributed by atoms with van der Waals surface area (Å²) in [6, 6.07) is 69.9. The zero-order valence-corrected chi connectivity index (χ0v) is 39.8. The number of carbonyl (C=O) groups excluding carboxylic acids is 2. The molecule has 0 saturated carbocycles. The Kier molecular flexibility index (Phi) is 11.3. The summed E-state index contributed by atoms with van der Waals surface area (Å²) in [5.74, 6) is -7.98. The van der Waals surface area contributed by atoms with Crippen molar-refractivity contribution < 1.29 is 23.2 Å². The molecule has 2 amide bonds. The van der Waals surface area contributed by atoms with Crippen molar-refractivity contribution in [1.82, 2.24) is 0 Å². The van der Waals surface area contributed by atoms with E-state index in [4.69, 9.17) is 31.5 Å². The van der Waals surface area contributed by atoms with Crippen molar-refractivity contribution in [1.29, 1.82) is 0 Å². The molecule has 8 aromatic rings. The maximum absolute atomic E-state index is 14.4. The van der Waals surface area contributed by atoms with E-state index in [9.17, 15) is 14.2 Å². The molecule has 0 aromatic heterocycles. The second-order valence-corrected chi connectivity index (χ2v) is 31.7. The van der Waals surface area contributed by atoms with E-state index in [-0.39, 0.29) is 36.2 Å². The van der Waals surface area contributed by atoms with Gasteiger partial charge in [-0.1, -0.05) is 0 Å². The van der Waals surface area contributed by atoms with Crippen LogP contribution in [0.25, 0.3) is 0 Å². The van der Waals surface area contributed by atoms with Crippen LogP contribution in [0.3, 0.4) is 0 Å². The predicted octanol–water partition coefficient (Wildman–Crippen LogP) is 11.0. The van der Waals surface area contributed by atoms with Gasteiger partial charge in [0.2, 0.25) is 0 Å². The monoisotopic (exact) mass is 964 g/mol. The average molecular weight is 966 g/mol. The molecule has 2 N–H and O–H groups in total. The Morgan fingerprint density at radius 1 is 0.455 bits per heavy atom. The molecule has 0 radical (unpaired) electrons. The minimum atomic E-state index is -3.91. The van der Waals surface area contributed by atoms with Gasteiger partial charge in [-0.05, 0) is 0 Å². The first-order valence-corrected chi connectivity index (χ1v) is 30.0. The molecular weight excluding hydrogens is 920 g/mol. The van der Waals surface area contributed by atoms with Gasteiger partial charge in [-0.2, -0.15) is 0 Å². The molecule has 7 nitrogen and oxygen atoms in total. The number of hydrogen-bond acceptors (Lipinski definition) is 5. The number of halogens is 2. The number of nitrogens with one attached hydrogen (secondary N) is 2. The molecule has 8 aromatic carbocycles. The van der Waals surface area contributed by atoms with Gasteiger partial charge < -0.3 is 0 Å². The van der Waals surface area contributed by atoms with E-state index in [0.29, 0.717) is 22.9 Å². The third-order valence-electron chi connectivity index (χ3n) is 12.9. The van der Waals surface area contributed by atoms with Gasteiger partial charge in [-0.3, -0.25) is 0 Å². The van der Waals surface area contributed by atoms with E-state index in [1.807, 2.05) is 206 Å². The summed E-state index contributed by atoms with van der Waals surface area (Å²) in [7, 11) is -3.72. The van der Waals surface area contributed by atoms with Crippen molar-refractivity contribution in [2.45, 2.75) is 5.92 Å². The molecule has 10 rings (SSSR count). The normalized spacial score (nSPS) is 17.4. The molecule has 0 fully saturated rings. The third-order valence-corrected chi connectivity index (χ3v) is 28.9. The van der Waals surface area contributed by atoms with Crippen molar-refractivity contribution in [2.75, 3.05) is 29.1 Å². The second-order valence-electron chi connectivity index (χ2n) is 16.8. The Hall–Kier alpha value is -6.03. The quantitative estimate of drug-likeness (QED) is 0.119. The Morgan fingerprint density at radius 3 is 1.00 bits per heavy atom. The molecule has 12 heteroatoms. The molecule has 330 valence electrons. The van der Waals surface area contributed by atoms with Crippen LogP contribution >= 0.6 is 42.0 Å². The van der Waals surface area contributed by atoms with Crippen LogP contribution in [0.2, 0.25) is 0 Å². The number of benzene rings is 8. The Bertz CT molecular complexity index is 2740. The Labute approximate surface area is 394 Å². The average Bonchev–Trinajstić information content (AvgIpc) is 3.35. The van der Waals surface area contributed by atoms with Gasteiger partial charge in [0.1, 0.15) is 0 Å². The standard InChI is InChI=1S/C54H45Cl2N2O5P3/c55-65(42-19-7-1-8-20-42,43-21-9-2-10-22-43,44-23-11-3-12-24-44)38-53(59)57-40-31-33-48-50-37-64(61,62-51(48)35-40)63-52-36-41(32-34-49(50)52)58-54(60)39-66(56,45-25-13-4-14-26-45,46-27-15-5-16-28-46)47-29-17-6-18-30-47/h1-36,50H,37-39H2,(H,57,59)(H,58,60). The fraction of sp³-hybridized carbons (Fsp3) is 0.0741. The summed E-state index contributed by atoms with van der Waals surface area (Å²) in [6.45, 7) is 0. The van der Waals surface area contributed by atoms with E-state index in [1.54, 1.807) is 12.1 Å². The van der Waals surface area contributed by atoms with Gasteiger partial charge in [0.25, 0.3) is 0 Å². The van der Waals surface area contributed by atoms with Crippen LogP contribution in [0, 0.1) is 0 Å². The van der Waals surface area contributed by atoms with Gasteiger partial charge in [-0.15, -0.1) is 0 Å². The molecule has 2 aliphatic rings. The van der Waals surface area contributed by atoms with Gasteiger partial charge in [0.15, 0.2) is 0 Å². The van der Waals surface area contributed by atoms with Crippen LogP contribution in [-0.2, 0) is 14.2 Å². The fourth-order valence-electron chi connectivity index (χ4n) is 9.75. The van der Waals surface area contributed by atoms with Crippen LogP contribution in [0.15, 0.2) is 218 Å². The summed E-state index contributed by atoms with van der Waals surface area (Å²) in [6.07, 6.45) is 0.111. The van der Waals surface area contributed by atoms with E-state index in [1.165, 1.54) is 0 Å². The first kappa shape index (κ1) is 43.8. The summed E-state index contributed by atoms with van der Waals surface area (Å²) in [5.41, 5.74) is 2.56. The van der Waals surface area contributed by atoms with Crippen molar-refractivity contribution >= 4 is 97.0 Å². The molecule has 0 aliphatic carbocycles. The van der Waals surface area contributed by atoms with Crippen molar-refractivity contribution in [3.8, 4) is 11.5 Å². The van der Waals surface area contributed by atoms with Gasteiger partial charge in [0, 0.05) is 0 Å². The topological polar surface area (TPSA) is 93.7 Å². The van der Waals surface area contributed by atoms with Crippen LogP contribution in [0.4, 0.5) is 11.4 Å². The predicted molar refractivity (Wildman–Crippen MR) is 277 cm³/mol. The van der Waals surface area contributed by atoms with E-state index < -0.39 is 19.5 Å². The van der Waals surface area contributed by atoms with Crippen LogP contribution in [0.1, 0.15) is 17.0 Å². The second kappa shape index (κ2) is 17.0. The number of fused-ring (bicyclic) bond motifs is 6. The number of amides is 2. The number of carbonyl (C=O) groups is 2. The van der Waals surface area contributed by atoms with E-state index in [0.717, 1.165) is 43.0 Å². The molecule has 0 unspecified atom stereocenters.